The molecule has 0 spiro atoms. The fraction of sp³-hybridized carbons (Fsp3) is 0.136. The van der Waals surface area contributed by atoms with E-state index in [1.807, 2.05) is 54.6 Å². The average Bonchev–Trinajstić information content (AvgIpc) is 2.72. The highest BCUT2D eigenvalue weighted by atomic mass is 35.5. The van der Waals surface area contributed by atoms with Gasteiger partial charge in [-0.3, -0.25) is 0 Å². The van der Waals surface area contributed by atoms with Gasteiger partial charge in [-0.2, -0.15) is 5.10 Å². The number of ether oxygens (including phenoxy) is 2. The number of hydrazone groups is 1. The minimum Gasteiger partial charge on any atom is -0.493 e. The van der Waals surface area contributed by atoms with E-state index >= 15 is 0 Å². The Kier molecular flexibility index (Phi) is 7.18. The zero-order valence-corrected chi connectivity index (χ0v) is 16.9. The maximum absolute atomic E-state index is 6.19. The Morgan fingerprint density at radius 2 is 1.79 bits per heavy atom. The molecule has 0 atom stereocenters. The molecule has 0 bridgehead atoms. The molecule has 3 rings (SSSR count). The Balaban J connectivity index is 1.60. The van der Waals surface area contributed by atoms with E-state index in [2.05, 4.69) is 10.5 Å². The highest BCUT2D eigenvalue weighted by Crippen LogP contribution is 2.29. The van der Waals surface area contributed by atoms with Gasteiger partial charge in [0.2, 0.25) is 0 Å². The third-order valence-electron chi connectivity index (χ3n) is 4.02. The molecule has 0 amide bonds. The first-order chi connectivity index (χ1) is 13.7. The summed E-state index contributed by atoms with van der Waals surface area (Å²) in [4.78, 5) is 0. The van der Waals surface area contributed by atoms with E-state index in [1.54, 1.807) is 25.5 Å². The first-order valence-corrected chi connectivity index (χ1v) is 9.46. The summed E-state index contributed by atoms with van der Waals surface area (Å²) in [5.74, 6) is 1.25. The second-order valence-corrected chi connectivity index (χ2v) is 6.86. The quantitative estimate of drug-likeness (QED) is 0.379. The molecule has 1 N–H and O–H groups in total. The van der Waals surface area contributed by atoms with Crippen molar-refractivity contribution in [3.05, 3.63) is 93.5 Å². The molecular formula is C22H20Cl2N2O2. The van der Waals surface area contributed by atoms with Gasteiger partial charge in [-0.05, 0) is 41.5 Å². The minimum absolute atomic E-state index is 0.318. The molecule has 3 aromatic rings. The summed E-state index contributed by atoms with van der Waals surface area (Å²) in [5.41, 5.74) is 5.95. The van der Waals surface area contributed by atoms with Crippen LogP contribution in [0.1, 0.15) is 16.7 Å². The molecule has 0 radical (unpaired) electrons. The molecule has 6 heteroatoms. The van der Waals surface area contributed by atoms with Crippen molar-refractivity contribution >= 4 is 29.4 Å². The van der Waals surface area contributed by atoms with Gasteiger partial charge in [0, 0.05) is 15.6 Å². The van der Waals surface area contributed by atoms with Crippen LogP contribution in [0.25, 0.3) is 0 Å². The second kappa shape index (κ2) is 10.0. The minimum atomic E-state index is 0.318. The molecule has 0 aliphatic heterocycles. The van der Waals surface area contributed by atoms with Crippen LogP contribution in [-0.2, 0) is 13.2 Å². The van der Waals surface area contributed by atoms with E-state index in [-0.39, 0.29) is 0 Å². The van der Waals surface area contributed by atoms with Crippen LogP contribution in [0.5, 0.6) is 11.5 Å². The van der Waals surface area contributed by atoms with Crippen molar-refractivity contribution in [2.24, 2.45) is 5.10 Å². The topological polar surface area (TPSA) is 42.8 Å². The van der Waals surface area contributed by atoms with Crippen LogP contribution >= 0.6 is 23.2 Å². The van der Waals surface area contributed by atoms with Crippen LogP contribution in [0.15, 0.2) is 71.8 Å². The monoisotopic (exact) mass is 414 g/mol. The first-order valence-electron chi connectivity index (χ1n) is 8.70. The summed E-state index contributed by atoms with van der Waals surface area (Å²) in [6.07, 6.45) is 1.74. The third-order valence-corrected chi connectivity index (χ3v) is 4.60. The Bertz CT molecular complexity index is 947. The average molecular weight is 415 g/mol. The van der Waals surface area contributed by atoms with Gasteiger partial charge in [-0.15, -0.1) is 0 Å². The molecule has 0 aromatic heterocycles. The highest BCUT2D eigenvalue weighted by Gasteiger charge is 2.08. The molecule has 28 heavy (non-hydrogen) atoms. The van der Waals surface area contributed by atoms with Gasteiger partial charge in [-0.1, -0.05) is 59.6 Å². The zero-order chi connectivity index (χ0) is 19.8. The summed E-state index contributed by atoms with van der Waals surface area (Å²) in [6, 6.07) is 21.0. The summed E-state index contributed by atoms with van der Waals surface area (Å²) < 4.78 is 11.3. The Labute approximate surface area is 174 Å². The fourth-order valence-corrected chi connectivity index (χ4v) is 2.99. The summed E-state index contributed by atoms with van der Waals surface area (Å²) in [5, 5.41) is 5.42. The van der Waals surface area contributed by atoms with Gasteiger partial charge < -0.3 is 14.9 Å². The molecule has 0 heterocycles. The number of rotatable bonds is 8. The number of halogens is 2. The molecule has 0 aliphatic rings. The molecule has 144 valence electrons. The van der Waals surface area contributed by atoms with Crippen LogP contribution in [0.2, 0.25) is 10.0 Å². The maximum atomic E-state index is 6.19. The van der Waals surface area contributed by atoms with Crippen LogP contribution < -0.4 is 14.9 Å². The van der Waals surface area contributed by atoms with Gasteiger partial charge in [-0.25, -0.2) is 0 Å². The fourth-order valence-electron chi connectivity index (χ4n) is 2.53. The Morgan fingerprint density at radius 1 is 0.964 bits per heavy atom. The molecule has 0 fully saturated rings. The summed E-state index contributed by atoms with van der Waals surface area (Å²) in [6.45, 7) is 0.982. The van der Waals surface area contributed by atoms with Crippen LogP contribution in [0.3, 0.4) is 0 Å². The summed E-state index contributed by atoms with van der Waals surface area (Å²) >= 11 is 12.1. The van der Waals surface area contributed by atoms with Crippen LogP contribution in [0, 0.1) is 0 Å². The van der Waals surface area contributed by atoms with E-state index < -0.39 is 0 Å². The van der Waals surface area contributed by atoms with Gasteiger partial charge in [0.05, 0.1) is 19.9 Å². The second-order valence-electron chi connectivity index (χ2n) is 6.01. The maximum Gasteiger partial charge on any atom is 0.161 e. The number of methoxy groups -OCH3 is 1. The van der Waals surface area contributed by atoms with E-state index in [9.17, 15) is 0 Å². The van der Waals surface area contributed by atoms with Gasteiger partial charge >= 0.3 is 0 Å². The molecule has 0 saturated heterocycles. The molecule has 4 nitrogen and oxygen atoms in total. The van der Waals surface area contributed by atoms with Crippen molar-refractivity contribution in [2.75, 3.05) is 7.11 Å². The summed E-state index contributed by atoms with van der Waals surface area (Å²) in [7, 11) is 1.60. The predicted octanol–water partition coefficient (Wildman–Crippen LogP) is 5.70. The molecule has 0 aliphatic carbocycles. The van der Waals surface area contributed by atoms with Crippen LogP contribution in [-0.4, -0.2) is 13.3 Å². The van der Waals surface area contributed by atoms with Gasteiger partial charge in [0.1, 0.15) is 6.61 Å². The van der Waals surface area contributed by atoms with Crippen molar-refractivity contribution in [1.29, 1.82) is 0 Å². The largest absolute Gasteiger partial charge is 0.493 e. The normalized spacial score (nSPS) is 10.8. The SMILES string of the molecule is COc1cc(C=NNCc2ccccc2)ccc1OCc1ccc(Cl)cc1Cl. The van der Waals surface area contributed by atoms with Gasteiger partial charge in [0.15, 0.2) is 11.5 Å². The molecule has 3 aromatic carbocycles. The van der Waals surface area contributed by atoms with Crippen molar-refractivity contribution in [3.63, 3.8) is 0 Å². The lowest BCUT2D eigenvalue weighted by Gasteiger charge is -2.12. The van der Waals surface area contributed by atoms with Gasteiger partial charge in [0.25, 0.3) is 0 Å². The number of hydrogen-bond acceptors (Lipinski definition) is 4. The van der Waals surface area contributed by atoms with Crippen molar-refractivity contribution in [2.45, 2.75) is 13.2 Å². The van der Waals surface area contributed by atoms with Crippen LogP contribution in [0.4, 0.5) is 0 Å². The smallest absolute Gasteiger partial charge is 0.161 e. The number of benzene rings is 3. The Hall–Kier alpha value is -2.69. The standard InChI is InChI=1S/C22H20Cl2N2O2/c1-27-22-11-17(14-26-25-13-16-5-3-2-4-6-16)7-10-21(22)28-15-18-8-9-19(23)12-20(18)24/h2-12,14,25H,13,15H2,1H3. The lowest BCUT2D eigenvalue weighted by Crippen LogP contribution is -2.05. The van der Waals surface area contributed by atoms with E-state index in [4.69, 9.17) is 32.7 Å². The molecule has 0 unspecified atom stereocenters. The van der Waals surface area contributed by atoms with E-state index in [0.29, 0.717) is 34.7 Å². The number of nitrogens with one attached hydrogen (secondary N) is 1. The lowest BCUT2D eigenvalue weighted by molar-refractivity contribution is 0.284. The first kappa shape index (κ1) is 20.1. The molecular weight excluding hydrogens is 395 g/mol. The van der Waals surface area contributed by atoms with E-state index in [0.717, 1.165) is 11.1 Å². The highest BCUT2D eigenvalue weighted by molar-refractivity contribution is 6.35. The predicted molar refractivity (Wildman–Crippen MR) is 115 cm³/mol. The number of hydrogen-bond donors (Lipinski definition) is 1. The zero-order valence-electron chi connectivity index (χ0n) is 15.4. The van der Waals surface area contributed by atoms with E-state index in [1.165, 1.54) is 5.56 Å². The van der Waals surface area contributed by atoms with Crippen molar-refractivity contribution in [1.82, 2.24) is 5.43 Å². The third kappa shape index (κ3) is 5.65. The van der Waals surface area contributed by atoms with Crippen molar-refractivity contribution in [3.8, 4) is 11.5 Å². The Morgan fingerprint density at radius 3 is 2.54 bits per heavy atom. The number of nitrogens with zero attached hydrogens (tertiary/aromatic N) is 1. The molecule has 0 saturated carbocycles. The van der Waals surface area contributed by atoms with Crippen molar-refractivity contribution < 1.29 is 9.47 Å². The lowest BCUT2D eigenvalue weighted by atomic mass is 10.2.